The van der Waals surface area contributed by atoms with Gasteiger partial charge in [-0.15, -0.1) is 0 Å². The number of likely N-dealkylation sites (tertiary alicyclic amines) is 1. The van der Waals surface area contributed by atoms with Crippen LogP contribution in [0.4, 0.5) is 0 Å². The molecule has 0 bridgehead atoms. The summed E-state index contributed by atoms with van der Waals surface area (Å²) in [5.41, 5.74) is 9.69. The highest BCUT2D eigenvalue weighted by molar-refractivity contribution is 5.77. The number of aromatic nitrogens is 2. The van der Waals surface area contributed by atoms with Crippen LogP contribution in [0.15, 0.2) is 18.2 Å². The van der Waals surface area contributed by atoms with Crippen molar-refractivity contribution in [2.45, 2.75) is 38.3 Å². The van der Waals surface area contributed by atoms with Crippen LogP contribution < -0.4 is 5.73 Å². The van der Waals surface area contributed by atoms with Crippen LogP contribution in [0, 0.1) is 6.92 Å². The Bertz CT molecular complexity index is 643. The molecule has 1 fully saturated rings. The highest BCUT2D eigenvalue weighted by atomic mass is 16.3. The van der Waals surface area contributed by atoms with E-state index < -0.39 is 0 Å². The van der Waals surface area contributed by atoms with Crippen molar-refractivity contribution < 1.29 is 5.11 Å². The van der Waals surface area contributed by atoms with E-state index in [1.165, 1.54) is 11.1 Å². The number of fused-ring (bicyclic) bond motifs is 1. The van der Waals surface area contributed by atoms with Crippen molar-refractivity contribution in [2.75, 3.05) is 26.7 Å². The van der Waals surface area contributed by atoms with Gasteiger partial charge in [0.05, 0.1) is 17.1 Å². The summed E-state index contributed by atoms with van der Waals surface area (Å²) < 4.78 is 2.34. The van der Waals surface area contributed by atoms with E-state index in [4.69, 9.17) is 10.7 Å². The first-order valence-electron chi connectivity index (χ1n) is 8.13. The molecule has 0 spiro atoms. The van der Waals surface area contributed by atoms with Crippen LogP contribution in [0.25, 0.3) is 11.0 Å². The first-order valence-corrected chi connectivity index (χ1v) is 8.13. The molecule has 0 saturated carbocycles. The van der Waals surface area contributed by atoms with E-state index in [9.17, 15) is 5.11 Å². The fourth-order valence-electron chi connectivity index (χ4n) is 3.39. The maximum atomic E-state index is 9.23. The van der Waals surface area contributed by atoms with Crippen LogP contribution in [0.3, 0.4) is 0 Å². The number of rotatable bonds is 4. The van der Waals surface area contributed by atoms with Crippen LogP contribution in [0.1, 0.15) is 42.7 Å². The van der Waals surface area contributed by atoms with Crippen molar-refractivity contribution >= 4 is 11.0 Å². The summed E-state index contributed by atoms with van der Waals surface area (Å²) in [5, 5.41) is 9.23. The number of aliphatic hydroxyl groups excluding tert-OH is 1. The van der Waals surface area contributed by atoms with Crippen LogP contribution in [-0.4, -0.2) is 46.3 Å². The zero-order valence-corrected chi connectivity index (χ0v) is 13.5. The molecule has 1 aliphatic heterocycles. The summed E-state index contributed by atoms with van der Waals surface area (Å²) in [5.74, 6) is 0.921. The summed E-state index contributed by atoms with van der Waals surface area (Å²) >= 11 is 0. The minimum absolute atomic E-state index is 0.0941. The van der Waals surface area contributed by atoms with Crippen molar-refractivity contribution in [2.24, 2.45) is 5.73 Å². The second kappa shape index (κ2) is 6.36. The smallest absolute Gasteiger partial charge is 0.127 e. The molecule has 5 nitrogen and oxygen atoms in total. The van der Waals surface area contributed by atoms with E-state index in [1.54, 1.807) is 0 Å². The molecule has 0 amide bonds. The Balaban J connectivity index is 2.06. The van der Waals surface area contributed by atoms with Gasteiger partial charge in [0.15, 0.2) is 0 Å². The Hall–Kier alpha value is -1.43. The van der Waals surface area contributed by atoms with Gasteiger partial charge in [0.25, 0.3) is 0 Å². The molecule has 120 valence electrons. The monoisotopic (exact) mass is 302 g/mol. The fraction of sp³-hybridized carbons (Fsp3) is 0.588. The second-order valence-corrected chi connectivity index (χ2v) is 6.49. The fourth-order valence-corrected chi connectivity index (χ4v) is 3.39. The molecule has 1 aromatic carbocycles. The molecule has 0 aliphatic carbocycles. The highest BCUT2D eigenvalue weighted by Gasteiger charge is 2.25. The third-order valence-corrected chi connectivity index (χ3v) is 4.70. The maximum absolute atomic E-state index is 9.23. The van der Waals surface area contributed by atoms with E-state index >= 15 is 0 Å². The number of hydrogen-bond acceptors (Lipinski definition) is 4. The summed E-state index contributed by atoms with van der Waals surface area (Å²) in [4.78, 5) is 7.17. The van der Waals surface area contributed by atoms with Gasteiger partial charge in [-0.25, -0.2) is 4.98 Å². The van der Waals surface area contributed by atoms with E-state index in [0.717, 1.165) is 37.3 Å². The number of benzene rings is 1. The van der Waals surface area contributed by atoms with Crippen molar-refractivity contribution in [1.82, 2.24) is 14.5 Å². The molecule has 1 aromatic heterocycles. The standard InChI is InChI=1S/C17H26N4O/c1-12-3-4-16-15(11-12)19-17(14(18)7-10-22)21(16)13-5-8-20(2)9-6-13/h3-4,11,13-14,22H,5-10,18H2,1-2H3/t14-/m0/s1. The predicted molar refractivity (Wildman–Crippen MR) is 88.9 cm³/mol. The van der Waals surface area contributed by atoms with Crippen LogP contribution in [0.5, 0.6) is 0 Å². The van der Waals surface area contributed by atoms with Crippen molar-refractivity contribution in [3.05, 3.63) is 29.6 Å². The van der Waals surface area contributed by atoms with Gasteiger partial charge < -0.3 is 20.3 Å². The van der Waals surface area contributed by atoms with Crippen LogP contribution >= 0.6 is 0 Å². The average Bonchev–Trinajstić information content (AvgIpc) is 2.87. The average molecular weight is 302 g/mol. The van der Waals surface area contributed by atoms with Gasteiger partial charge in [-0.2, -0.15) is 0 Å². The molecule has 3 N–H and O–H groups in total. The van der Waals surface area contributed by atoms with Gasteiger partial charge in [-0.3, -0.25) is 0 Å². The zero-order valence-electron chi connectivity index (χ0n) is 13.5. The minimum Gasteiger partial charge on any atom is -0.396 e. The summed E-state index contributed by atoms with van der Waals surface area (Å²) in [6.07, 6.45) is 2.79. The van der Waals surface area contributed by atoms with E-state index in [1.807, 2.05) is 0 Å². The summed E-state index contributed by atoms with van der Waals surface area (Å²) in [6.45, 7) is 4.38. The Labute approximate surface area is 131 Å². The molecule has 3 rings (SSSR count). The molecule has 22 heavy (non-hydrogen) atoms. The lowest BCUT2D eigenvalue weighted by Crippen LogP contribution is -2.32. The topological polar surface area (TPSA) is 67.3 Å². The number of imidazole rings is 1. The van der Waals surface area contributed by atoms with E-state index in [2.05, 4.69) is 41.6 Å². The minimum atomic E-state index is -0.211. The molecule has 0 unspecified atom stereocenters. The second-order valence-electron chi connectivity index (χ2n) is 6.49. The van der Waals surface area contributed by atoms with Crippen LogP contribution in [0.2, 0.25) is 0 Å². The predicted octanol–water partition coefficient (Wildman–Crippen LogP) is 1.99. The van der Waals surface area contributed by atoms with Gasteiger partial charge in [-0.1, -0.05) is 6.07 Å². The van der Waals surface area contributed by atoms with E-state index in [0.29, 0.717) is 12.5 Å². The number of nitrogens with zero attached hydrogens (tertiary/aromatic N) is 3. The van der Waals surface area contributed by atoms with Gasteiger partial charge in [-0.05, 0) is 64.0 Å². The van der Waals surface area contributed by atoms with Gasteiger partial charge in [0.1, 0.15) is 5.82 Å². The number of piperidine rings is 1. The normalized spacial score (nSPS) is 18.9. The van der Waals surface area contributed by atoms with Crippen molar-refractivity contribution in [3.63, 3.8) is 0 Å². The van der Waals surface area contributed by atoms with Crippen molar-refractivity contribution in [1.29, 1.82) is 0 Å². The molecule has 1 aliphatic rings. The quantitative estimate of drug-likeness (QED) is 0.906. The molecule has 1 saturated heterocycles. The Morgan fingerprint density at radius 3 is 2.77 bits per heavy atom. The molecule has 0 radical (unpaired) electrons. The molecule has 5 heteroatoms. The number of aliphatic hydroxyl groups is 1. The third kappa shape index (κ3) is 2.89. The molecular weight excluding hydrogens is 276 g/mol. The Kier molecular flexibility index (Phi) is 4.47. The SMILES string of the molecule is Cc1ccc2c(c1)nc([C@@H](N)CCO)n2C1CCN(C)CC1. The lowest BCUT2D eigenvalue weighted by Gasteiger charge is -2.31. The number of nitrogens with two attached hydrogens (primary N) is 1. The van der Waals surface area contributed by atoms with Gasteiger partial charge in [0.2, 0.25) is 0 Å². The molecule has 1 atom stereocenters. The number of hydrogen-bond donors (Lipinski definition) is 2. The Morgan fingerprint density at radius 2 is 2.09 bits per heavy atom. The number of aryl methyl sites for hydroxylation is 1. The molecule has 2 heterocycles. The largest absolute Gasteiger partial charge is 0.396 e. The van der Waals surface area contributed by atoms with Crippen LogP contribution in [-0.2, 0) is 0 Å². The lowest BCUT2D eigenvalue weighted by molar-refractivity contribution is 0.218. The van der Waals surface area contributed by atoms with Crippen molar-refractivity contribution in [3.8, 4) is 0 Å². The van der Waals surface area contributed by atoms with Gasteiger partial charge in [0, 0.05) is 12.6 Å². The first kappa shape index (κ1) is 15.5. The van der Waals surface area contributed by atoms with E-state index in [-0.39, 0.29) is 12.6 Å². The maximum Gasteiger partial charge on any atom is 0.127 e. The van der Waals surface area contributed by atoms with Gasteiger partial charge >= 0.3 is 0 Å². The lowest BCUT2D eigenvalue weighted by atomic mass is 10.0. The molecular formula is C17H26N4O. The Morgan fingerprint density at radius 1 is 1.36 bits per heavy atom. The zero-order chi connectivity index (χ0) is 15.7. The first-order chi connectivity index (χ1) is 10.6. The third-order valence-electron chi connectivity index (χ3n) is 4.70. The summed E-state index contributed by atoms with van der Waals surface area (Å²) in [6, 6.07) is 6.65. The molecule has 2 aromatic rings. The summed E-state index contributed by atoms with van der Waals surface area (Å²) in [7, 11) is 2.17. The highest BCUT2D eigenvalue weighted by Crippen LogP contribution is 2.31.